The van der Waals surface area contributed by atoms with Crippen LogP contribution in [-0.2, 0) is 6.42 Å². The van der Waals surface area contributed by atoms with Crippen LogP contribution in [0.5, 0.6) is 0 Å². The van der Waals surface area contributed by atoms with Crippen molar-refractivity contribution >= 4 is 11.6 Å². The monoisotopic (exact) mass is 265 g/mol. The predicted octanol–water partition coefficient (Wildman–Crippen LogP) is 2.98. The van der Waals surface area contributed by atoms with Crippen molar-refractivity contribution in [3.05, 3.63) is 46.6 Å². The Morgan fingerprint density at radius 2 is 2.28 bits per heavy atom. The van der Waals surface area contributed by atoms with Gasteiger partial charge in [0.1, 0.15) is 0 Å². The van der Waals surface area contributed by atoms with E-state index in [0.717, 1.165) is 17.0 Å². The molecule has 0 radical (unpaired) electrons. The fourth-order valence-corrected chi connectivity index (χ4v) is 2.03. The Balaban J connectivity index is 2.11. The summed E-state index contributed by atoms with van der Waals surface area (Å²) in [6.45, 7) is 2.07. The predicted molar refractivity (Wildman–Crippen MR) is 70.6 cm³/mol. The maximum atomic E-state index is 5.94. The first-order valence-corrected chi connectivity index (χ1v) is 6.35. The van der Waals surface area contributed by atoms with E-state index in [1.165, 1.54) is 0 Å². The molecule has 1 aromatic carbocycles. The number of nitrogens with zero attached hydrogens (tertiary/aromatic N) is 2. The van der Waals surface area contributed by atoms with Gasteiger partial charge in [0, 0.05) is 11.4 Å². The Morgan fingerprint density at radius 1 is 1.44 bits per heavy atom. The van der Waals surface area contributed by atoms with Crippen LogP contribution in [0.3, 0.4) is 0 Å². The average Bonchev–Trinajstić information content (AvgIpc) is 2.79. The zero-order chi connectivity index (χ0) is 13.0. The summed E-state index contributed by atoms with van der Waals surface area (Å²) in [7, 11) is 1.88. The van der Waals surface area contributed by atoms with Gasteiger partial charge < -0.3 is 9.84 Å². The second kappa shape index (κ2) is 5.98. The van der Waals surface area contributed by atoms with Crippen molar-refractivity contribution < 1.29 is 4.52 Å². The van der Waals surface area contributed by atoms with Crippen LogP contribution < -0.4 is 5.32 Å². The second-order valence-corrected chi connectivity index (χ2v) is 4.54. The van der Waals surface area contributed by atoms with Crippen molar-refractivity contribution in [2.75, 3.05) is 7.05 Å². The highest BCUT2D eigenvalue weighted by atomic mass is 35.5. The van der Waals surface area contributed by atoms with Crippen LogP contribution in [-0.4, -0.2) is 17.2 Å². The number of nitrogens with one attached hydrogen (secondary N) is 1. The van der Waals surface area contributed by atoms with Gasteiger partial charge in [0.05, 0.1) is 6.04 Å². The minimum absolute atomic E-state index is 0.116. The Kier molecular flexibility index (Phi) is 4.33. The van der Waals surface area contributed by atoms with Crippen LogP contribution in [0.15, 0.2) is 28.8 Å². The summed E-state index contributed by atoms with van der Waals surface area (Å²) in [5.74, 6) is 1.32. The Hall–Kier alpha value is -1.39. The summed E-state index contributed by atoms with van der Waals surface area (Å²) in [6, 6.07) is 7.79. The van der Waals surface area contributed by atoms with Gasteiger partial charge in [-0.15, -0.1) is 0 Å². The molecule has 4 nitrogen and oxygen atoms in total. The lowest BCUT2D eigenvalue weighted by molar-refractivity contribution is 0.331. The summed E-state index contributed by atoms with van der Waals surface area (Å²) in [5, 5.41) is 7.85. The van der Waals surface area contributed by atoms with Gasteiger partial charge in [-0.25, -0.2) is 0 Å². The molecule has 0 aliphatic rings. The standard InChI is InChI=1S/C13H16ClN3O/c1-3-11(15-2)13-16-12(17-18-13)8-9-5-4-6-10(14)7-9/h4-7,11,15H,3,8H2,1-2H3. The lowest BCUT2D eigenvalue weighted by Gasteiger charge is -2.06. The molecule has 0 spiro atoms. The van der Waals surface area contributed by atoms with Gasteiger partial charge in [-0.05, 0) is 31.2 Å². The summed E-state index contributed by atoms with van der Waals surface area (Å²) < 4.78 is 5.25. The van der Waals surface area contributed by atoms with E-state index in [0.29, 0.717) is 18.1 Å². The highest BCUT2D eigenvalue weighted by Crippen LogP contribution is 2.16. The lowest BCUT2D eigenvalue weighted by Crippen LogP contribution is -2.15. The minimum atomic E-state index is 0.116. The molecule has 18 heavy (non-hydrogen) atoms. The molecule has 0 bridgehead atoms. The van der Waals surface area contributed by atoms with Crippen LogP contribution >= 0.6 is 11.6 Å². The number of halogens is 1. The first kappa shape index (κ1) is 13.1. The van der Waals surface area contributed by atoms with Crippen molar-refractivity contribution in [2.24, 2.45) is 0 Å². The van der Waals surface area contributed by atoms with Crippen LogP contribution in [0, 0.1) is 0 Å². The van der Waals surface area contributed by atoms with Crippen molar-refractivity contribution in [1.29, 1.82) is 0 Å². The molecule has 1 unspecified atom stereocenters. The smallest absolute Gasteiger partial charge is 0.243 e. The largest absolute Gasteiger partial charge is 0.338 e. The van der Waals surface area contributed by atoms with Gasteiger partial charge in [0.2, 0.25) is 5.89 Å². The van der Waals surface area contributed by atoms with E-state index in [-0.39, 0.29) is 6.04 Å². The third kappa shape index (κ3) is 3.09. The van der Waals surface area contributed by atoms with E-state index in [4.69, 9.17) is 16.1 Å². The van der Waals surface area contributed by atoms with Gasteiger partial charge in [-0.2, -0.15) is 4.98 Å². The Bertz CT molecular complexity index is 508. The third-order valence-electron chi connectivity index (χ3n) is 2.79. The van der Waals surface area contributed by atoms with E-state index < -0.39 is 0 Å². The maximum Gasteiger partial charge on any atom is 0.243 e. The van der Waals surface area contributed by atoms with E-state index in [2.05, 4.69) is 22.4 Å². The van der Waals surface area contributed by atoms with Gasteiger partial charge in [-0.1, -0.05) is 35.8 Å². The van der Waals surface area contributed by atoms with Crippen LogP contribution in [0.2, 0.25) is 5.02 Å². The van der Waals surface area contributed by atoms with E-state index in [1.807, 2.05) is 31.3 Å². The minimum Gasteiger partial charge on any atom is -0.338 e. The molecular formula is C13H16ClN3O. The SMILES string of the molecule is CCC(NC)c1nc(Cc2cccc(Cl)c2)no1. The van der Waals surface area contributed by atoms with Gasteiger partial charge in [0.25, 0.3) is 0 Å². The molecule has 1 atom stereocenters. The lowest BCUT2D eigenvalue weighted by atomic mass is 10.1. The Morgan fingerprint density at radius 3 is 2.94 bits per heavy atom. The number of hydrogen-bond donors (Lipinski definition) is 1. The topological polar surface area (TPSA) is 51.0 Å². The number of rotatable bonds is 5. The van der Waals surface area contributed by atoms with Crippen LogP contribution in [0.4, 0.5) is 0 Å². The van der Waals surface area contributed by atoms with E-state index >= 15 is 0 Å². The zero-order valence-electron chi connectivity index (χ0n) is 10.5. The van der Waals surface area contributed by atoms with Crippen LogP contribution in [0.1, 0.15) is 36.7 Å². The van der Waals surface area contributed by atoms with Crippen molar-refractivity contribution in [3.8, 4) is 0 Å². The molecule has 96 valence electrons. The summed E-state index contributed by atoms with van der Waals surface area (Å²) >= 11 is 5.94. The maximum absolute atomic E-state index is 5.94. The van der Waals surface area contributed by atoms with E-state index in [1.54, 1.807) is 0 Å². The normalized spacial score (nSPS) is 12.6. The first-order valence-electron chi connectivity index (χ1n) is 5.97. The summed E-state index contributed by atoms with van der Waals surface area (Å²) in [4.78, 5) is 4.39. The van der Waals surface area contributed by atoms with Gasteiger partial charge in [0.15, 0.2) is 5.82 Å². The molecule has 0 amide bonds. The fourth-order valence-electron chi connectivity index (χ4n) is 1.81. The molecule has 1 heterocycles. The van der Waals surface area contributed by atoms with Crippen molar-refractivity contribution in [2.45, 2.75) is 25.8 Å². The van der Waals surface area contributed by atoms with Crippen molar-refractivity contribution in [3.63, 3.8) is 0 Å². The van der Waals surface area contributed by atoms with Gasteiger partial charge >= 0.3 is 0 Å². The summed E-state index contributed by atoms with van der Waals surface area (Å²) in [6.07, 6.45) is 1.54. The fraction of sp³-hybridized carbons (Fsp3) is 0.385. The molecule has 0 aliphatic carbocycles. The molecule has 5 heteroatoms. The molecular weight excluding hydrogens is 250 g/mol. The number of hydrogen-bond acceptors (Lipinski definition) is 4. The molecule has 2 rings (SSSR count). The molecule has 0 saturated carbocycles. The van der Waals surface area contributed by atoms with E-state index in [9.17, 15) is 0 Å². The van der Waals surface area contributed by atoms with Gasteiger partial charge in [-0.3, -0.25) is 0 Å². The van der Waals surface area contributed by atoms with Crippen LogP contribution in [0.25, 0.3) is 0 Å². The molecule has 1 aromatic heterocycles. The number of aromatic nitrogens is 2. The highest BCUT2D eigenvalue weighted by Gasteiger charge is 2.15. The highest BCUT2D eigenvalue weighted by molar-refractivity contribution is 6.30. The molecule has 1 N–H and O–H groups in total. The quantitative estimate of drug-likeness (QED) is 0.903. The Labute approximate surface area is 111 Å². The second-order valence-electron chi connectivity index (χ2n) is 4.11. The zero-order valence-corrected chi connectivity index (χ0v) is 11.2. The average molecular weight is 266 g/mol. The molecule has 0 aliphatic heterocycles. The van der Waals surface area contributed by atoms with Crippen molar-refractivity contribution in [1.82, 2.24) is 15.5 Å². The molecule has 0 saturated heterocycles. The first-order chi connectivity index (χ1) is 8.72. The molecule has 2 aromatic rings. The summed E-state index contributed by atoms with van der Waals surface area (Å²) in [5.41, 5.74) is 1.08. The number of benzene rings is 1. The molecule has 0 fully saturated rings. The third-order valence-corrected chi connectivity index (χ3v) is 3.02.